The van der Waals surface area contributed by atoms with Crippen molar-refractivity contribution in [1.29, 1.82) is 0 Å². The zero-order valence-electron chi connectivity index (χ0n) is 9.52. The SMILES string of the molecule is CN(CC(N)C1CCOC1)C1CCOC1. The molecule has 0 radical (unpaired) electrons. The molecule has 2 heterocycles. The van der Waals surface area contributed by atoms with E-state index < -0.39 is 0 Å². The molecular formula is C11H22N2O2. The molecule has 0 aromatic carbocycles. The van der Waals surface area contributed by atoms with E-state index in [1.54, 1.807) is 0 Å². The average molecular weight is 214 g/mol. The number of hydrogen-bond acceptors (Lipinski definition) is 4. The van der Waals surface area contributed by atoms with Crippen molar-refractivity contribution < 1.29 is 9.47 Å². The lowest BCUT2D eigenvalue weighted by Gasteiger charge is -2.28. The van der Waals surface area contributed by atoms with Gasteiger partial charge in [0.15, 0.2) is 0 Å². The average Bonchev–Trinajstić information content (AvgIpc) is 2.91. The van der Waals surface area contributed by atoms with E-state index in [0.717, 1.165) is 45.8 Å². The van der Waals surface area contributed by atoms with E-state index in [-0.39, 0.29) is 6.04 Å². The van der Waals surface area contributed by atoms with E-state index in [1.165, 1.54) is 0 Å². The number of nitrogens with zero attached hydrogens (tertiary/aromatic N) is 1. The van der Waals surface area contributed by atoms with Gasteiger partial charge in [0.25, 0.3) is 0 Å². The Morgan fingerprint density at radius 1 is 1.27 bits per heavy atom. The first-order valence-electron chi connectivity index (χ1n) is 5.88. The lowest BCUT2D eigenvalue weighted by Crippen LogP contribution is -2.45. The van der Waals surface area contributed by atoms with Crippen LogP contribution in [0.2, 0.25) is 0 Å². The molecule has 3 unspecified atom stereocenters. The van der Waals surface area contributed by atoms with Gasteiger partial charge < -0.3 is 15.2 Å². The molecule has 88 valence electrons. The van der Waals surface area contributed by atoms with Gasteiger partial charge in [-0.1, -0.05) is 0 Å². The van der Waals surface area contributed by atoms with Crippen LogP contribution in [-0.2, 0) is 9.47 Å². The largest absolute Gasteiger partial charge is 0.381 e. The molecule has 2 rings (SSSR count). The maximum Gasteiger partial charge on any atom is 0.0622 e. The highest BCUT2D eigenvalue weighted by molar-refractivity contribution is 4.82. The molecule has 0 saturated carbocycles. The van der Waals surface area contributed by atoms with Crippen molar-refractivity contribution in [2.75, 3.05) is 40.0 Å². The molecule has 2 saturated heterocycles. The first-order chi connectivity index (χ1) is 7.27. The third-order valence-electron chi connectivity index (χ3n) is 3.60. The number of hydrogen-bond donors (Lipinski definition) is 1. The van der Waals surface area contributed by atoms with Crippen LogP contribution >= 0.6 is 0 Å². The first kappa shape index (κ1) is 11.3. The minimum absolute atomic E-state index is 0.248. The van der Waals surface area contributed by atoms with E-state index in [4.69, 9.17) is 15.2 Å². The van der Waals surface area contributed by atoms with E-state index in [0.29, 0.717) is 12.0 Å². The van der Waals surface area contributed by atoms with E-state index in [9.17, 15) is 0 Å². The summed E-state index contributed by atoms with van der Waals surface area (Å²) in [6, 6.07) is 0.816. The van der Waals surface area contributed by atoms with Crippen LogP contribution in [0.3, 0.4) is 0 Å². The van der Waals surface area contributed by atoms with Crippen LogP contribution in [0.5, 0.6) is 0 Å². The molecule has 15 heavy (non-hydrogen) atoms. The van der Waals surface area contributed by atoms with Gasteiger partial charge in [-0.05, 0) is 19.9 Å². The minimum atomic E-state index is 0.248. The number of ether oxygens (including phenoxy) is 2. The van der Waals surface area contributed by atoms with E-state index >= 15 is 0 Å². The fourth-order valence-corrected chi connectivity index (χ4v) is 2.39. The molecule has 3 atom stereocenters. The zero-order chi connectivity index (χ0) is 10.7. The second-order valence-corrected chi connectivity index (χ2v) is 4.74. The highest BCUT2D eigenvalue weighted by atomic mass is 16.5. The highest BCUT2D eigenvalue weighted by Crippen LogP contribution is 2.18. The molecule has 0 aromatic rings. The fourth-order valence-electron chi connectivity index (χ4n) is 2.39. The normalized spacial score (nSPS) is 33.8. The second kappa shape index (κ2) is 5.25. The number of nitrogens with two attached hydrogens (primary N) is 1. The Kier molecular flexibility index (Phi) is 3.97. The van der Waals surface area contributed by atoms with Gasteiger partial charge in [-0.2, -0.15) is 0 Å². The van der Waals surface area contributed by atoms with Crippen LogP contribution in [-0.4, -0.2) is 57.0 Å². The summed E-state index contributed by atoms with van der Waals surface area (Å²) in [7, 11) is 2.15. The maximum atomic E-state index is 6.19. The van der Waals surface area contributed by atoms with Crippen LogP contribution < -0.4 is 5.73 Å². The molecular weight excluding hydrogens is 192 g/mol. The molecule has 2 fully saturated rings. The second-order valence-electron chi connectivity index (χ2n) is 4.74. The molecule has 0 amide bonds. The summed E-state index contributed by atoms with van der Waals surface area (Å²) in [5, 5.41) is 0. The molecule has 0 spiro atoms. The summed E-state index contributed by atoms with van der Waals surface area (Å²) >= 11 is 0. The third kappa shape index (κ3) is 2.91. The van der Waals surface area contributed by atoms with Crippen molar-refractivity contribution >= 4 is 0 Å². The Morgan fingerprint density at radius 2 is 2.00 bits per heavy atom. The molecule has 2 N–H and O–H groups in total. The van der Waals surface area contributed by atoms with Crippen molar-refractivity contribution in [2.24, 2.45) is 11.7 Å². The number of rotatable bonds is 4. The molecule has 0 bridgehead atoms. The van der Waals surface area contributed by atoms with Gasteiger partial charge >= 0.3 is 0 Å². The quantitative estimate of drug-likeness (QED) is 0.719. The molecule has 2 aliphatic heterocycles. The molecule has 4 nitrogen and oxygen atoms in total. The van der Waals surface area contributed by atoms with Gasteiger partial charge in [0, 0.05) is 37.8 Å². The van der Waals surface area contributed by atoms with Gasteiger partial charge in [-0.3, -0.25) is 4.90 Å². The minimum Gasteiger partial charge on any atom is -0.381 e. The molecule has 0 aliphatic carbocycles. The van der Waals surface area contributed by atoms with E-state index in [2.05, 4.69) is 11.9 Å². The van der Waals surface area contributed by atoms with Crippen molar-refractivity contribution in [1.82, 2.24) is 4.90 Å². The van der Waals surface area contributed by atoms with Gasteiger partial charge in [-0.25, -0.2) is 0 Å². The van der Waals surface area contributed by atoms with Crippen LogP contribution in [0.4, 0.5) is 0 Å². The van der Waals surface area contributed by atoms with Crippen molar-refractivity contribution in [3.63, 3.8) is 0 Å². The van der Waals surface area contributed by atoms with Crippen LogP contribution in [0.25, 0.3) is 0 Å². The third-order valence-corrected chi connectivity index (χ3v) is 3.60. The van der Waals surface area contributed by atoms with E-state index in [1.807, 2.05) is 0 Å². The summed E-state index contributed by atoms with van der Waals surface area (Å²) < 4.78 is 10.7. The number of likely N-dealkylation sites (N-methyl/N-ethyl adjacent to an activating group) is 1. The predicted octanol–water partition coefficient (Wildman–Crippen LogP) is 0.0709. The highest BCUT2D eigenvalue weighted by Gasteiger charge is 2.27. The first-order valence-corrected chi connectivity index (χ1v) is 5.88. The Morgan fingerprint density at radius 3 is 2.60 bits per heavy atom. The van der Waals surface area contributed by atoms with Gasteiger partial charge in [0.1, 0.15) is 0 Å². The van der Waals surface area contributed by atoms with Crippen LogP contribution in [0, 0.1) is 5.92 Å². The van der Waals surface area contributed by atoms with Crippen molar-refractivity contribution in [3.05, 3.63) is 0 Å². The molecule has 4 heteroatoms. The smallest absolute Gasteiger partial charge is 0.0622 e. The van der Waals surface area contributed by atoms with Gasteiger partial charge in [-0.15, -0.1) is 0 Å². The van der Waals surface area contributed by atoms with Crippen LogP contribution in [0.15, 0.2) is 0 Å². The Hall–Kier alpha value is -0.160. The predicted molar refractivity (Wildman–Crippen MR) is 58.8 cm³/mol. The topological polar surface area (TPSA) is 47.7 Å². The lowest BCUT2D eigenvalue weighted by atomic mass is 9.99. The van der Waals surface area contributed by atoms with Crippen LogP contribution in [0.1, 0.15) is 12.8 Å². The summed E-state index contributed by atoms with van der Waals surface area (Å²) in [5.74, 6) is 0.551. The summed E-state index contributed by atoms with van der Waals surface area (Å²) in [4.78, 5) is 2.34. The Bertz CT molecular complexity index is 169. The van der Waals surface area contributed by atoms with Gasteiger partial charge in [0.05, 0.1) is 13.2 Å². The summed E-state index contributed by atoms with van der Waals surface area (Å²) in [6.45, 7) is 4.45. The standard InChI is InChI=1S/C11H22N2O2/c1-13(10-3-5-15-8-10)6-11(12)9-2-4-14-7-9/h9-11H,2-8,12H2,1H3. The van der Waals surface area contributed by atoms with Crippen molar-refractivity contribution in [2.45, 2.75) is 24.9 Å². The van der Waals surface area contributed by atoms with Gasteiger partial charge in [0.2, 0.25) is 0 Å². The molecule has 0 aromatic heterocycles. The monoisotopic (exact) mass is 214 g/mol. The fraction of sp³-hybridized carbons (Fsp3) is 1.00. The summed E-state index contributed by atoms with van der Waals surface area (Å²) in [6.07, 6.45) is 2.26. The zero-order valence-corrected chi connectivity index (χ0v) is 9.52. The Labute approximate surface area is 91.7 Å². The van der Waals surface area contributed by atoms with Crippen molar-refractivity contribution in [3.8, 4) is 0 Å². The Balaban J connectivity index is 1.74. The lowest BCUT2D eigenvalue weighted by molar-refractivity contribution is 0.144. The summed E-state index contributed by atoms with van der Waals surface area (Å²) in [5.41, 5.74) is 6.19. The molecule has 2 aliphatic rings. The maximum absolute atomic E-state index is 6.19.